The summed E-state index contributed by atoms with van der Waals surface area (Å²) in [6.45, 7) is 3.35. The van der Waals surface area contributed by atoms with E-state index in [0.29, 0.717) is 15.6 Å². The predicted octanol–water partition coefficient (Wildman–Crippen LogP) is 5.02. The largest absolute Gasteiger partial charge is 0.481 e. The molecule has 0 unspecified atom stereocenters. The predicted molar refractivity (Wildman–Crippen MR) is 82.6 cm³/mol. The Hall–Kier alpha value is -1.51. The molecule has 20 heavy (non-hydrogen) atoms. The van der Waals surface area contributed by atoms with Gasteiger partial charge in [0.15, 0.2) is 0 Å². The minimum absolute atomic E-state index is 0.544. The molecule has 1 N–H and O–H groups in total. The van der Waals surface area contributed by atoms with E-state index in [2.05, 4.69) is 0 Å². The summed E-state index contributed by atoms with van der Waals surface area (Å²) in [6.07, 6.45) is 0. The highest BCUT2D eigenvalue weighted by Crippen LogP contribution is 2.37. The molecule has 0 saturated carbocycles. The first-order valence-electron chi connectivity index (χ1n) is 6.12. The van der Waals surface area contributed by atoms with Crippen molar-refractivity contribution in [2.45, 2.75) is 19.3 Å². The first-order valence-corrected chi connectivity index (χ1v) is 6.88. The van der Waals surface area contributed by atoms with Crippen molar-refractivity contribution in [1.82, 2.24) is 0 Å². The van der Waals surface area contributed by atoms with Gasteiger partial charge in [-0.05, 0) is 43.2 Å². The lowest BCUT2D eigenvalue weighted by molar-refractivity contribution is -0.142. The summed E-state index contributed by atoms with van der Waals surface area (Å²) in [6, 6.07) is 12.5. The molecule has 0 saturated heterocycles. The summed E-state index contributed by atoms with van der Waals surface area (Å²) in [5, 5.41) is 10.5. The van der Waals surface area contributed by atoms with Gasteiger partial charge in [0.1, 0.15) is 0 Å². The number of halogens is 2. The van der Waals surface area contributed by atoms with E-state index in [-0.39, 0.29) is 0 Å². The van der Waals surface area contributed by atoms with Crippen molar-refractivity contribution in [1.29, 1.82) is 0 Å². The van der Waals surface area contributed by atoms with Crippen molar-refractivity contribution < 1.29 is 9.90 Å². The average molecular weight is 309 g/mol. The van der Waals surface area contributed by atoms with E-state index in [1.807, 2.05) is 18.2 Å². The van der Waals surface area contributed by atoms with E-state index in [0.717, 1.165) is 11.1 Å². The van der Waals surface area contributed by atoms with Crippen LogP contribution in [0.4, 0.5) is 0 Å². The van der Waals surface area contributed by atoms with Gasteiger partial charge in [-0.15, -0.1) is 0 Å². The number of rotatable bonds is 3. The Balaban J connectivity index is 2.70. The van der Waals surface area contributed by atoms with Gasteiger partial charge < -0.3 is 5.11 Å². The third kappa shape index (κ3) is 2.67. The Labute approximate surface area is 128 Å². The molecule has 2 rings (SSSR count). The van der Waals surface area contributed by atoms with Gasteiger partial charge in [0.25, 0.3) is 0 Å². The van der Waals surface area contributed by atoms with E-state index in [1.165, 1.54) is 0 Å². The molecule has 0 aromatic heterocycles. The highest BCUT2D eigenvalue weighted by molar-refractivity contribution is 6.35. The summed E-state index contributed by atoms with van der Waals surface area (Å²) >= 11 is 12.2. The summed E-state index contributed by atoms with van der Waals surface area (Å²) in [5.74, 6) is -0.886. The number of benzene rings is 2. The zero-order chi connectivity index (χ0) is 14.9. The van der Waals surface area contributed by atoms with Crippen LogP contribution in [-0.4, -0.2) is 11.1 Å². The molecule has 2 nitrogen and oxygen atoms in total. The Bertz CT molecular complexity index is 663. The second-order valence-electron chi connectivity index (χ2n) is 5.10. The quantitative estimate of drug-likeness (QED) is 0.864. The number of hydrogen-bond acceptors (Lipinski definition) is 1. The molecule has 0 spiro atoms. The third-order valence-electron chi connectivity index (χ3n) is 3.35. The fourth-order valence-electron chi connectivity index (χ4n) is 2.08. The lowest BCUT2D eigenvalue weighted by atomic mass is 9.80. The first kappa shape index (κ1) is 14.9. The number of carbonyl (C=O) groups is 1. The molecule has 0 fully saturated rings. The second-order valence-corrected chi connectivity index (χ2v) is 5.94. The molecule has 4 heteroatoms. The maximum Gasteiger partial charge on any atom is 0.313 e. The van der Waals surface area contributed by atoms with Crippen molar-refractivity contribution in [2.75, 3.05) is 0 Å². The lowest BCUT2D eigenvalue weighted by Gasteiger charge is -2.23. The minimum Gasteiger partial charge on any atom is -0.481 e. The van der Waals surface area contributed by atoms with Crippen molar-refractivity contribution in [3.63, 3.8) is 0 Å². The molecule has 0 bridgehead atoms. The molecular weight excluding hydrogens is 295 g/mol. The average Bonchev–Trinajstić information content (AvgIpc) is 2.41. The van der Waals surface area contributed by atoms with Crippen molar-refractivity contribution >= 4 is 29.2 Å². The third-order valence-corrected chi connectivity index (χ3v) is 3.92. The molecule has 0 heterocycles. The lowest BCUT2D eigenvalue weighted by Crippen LogP contribution is -2.29. The highest BCUT2D eigenvalue weighted by Gasteiger charge is 2.32. The monoisotopic (exact) mass is 308 g/mol. The van der Waals surface area contributed by atoms with Gasteiger partial charge >= 0.3 is 5.97 Å². The zero-order valence-electron chi connectivity index (χ0n) is 11.2. The summed E-state index contributed by atoms with van der Waals surface area (Å²) < 4.78 is 0. The van der Waals surface area contributed by atoms with Gasteiger partial charge in [-0.2, -0.15) is 0 Å². The van der Waals surface area contributed by atoms with E-state index in [1.54, 1.807) is 38.1 Å². The van der Waals surface area contributed by atoms with Crippen LogP contribution in [0.1, 0.15) is 19.4 Å². The number of carboxylic acid groups (broad SMARTS) is 1. The molecule has 2 aromatic rings. The molecule has 0 aliphatic rings. The zero-order valence-corrected chi connectivity index (χ0v) is 12.7. The van der Waals surface area contributed by atoms with Crippen LogP contribution in [-0.2, 0) is 10.2 Å². The Kier molecular flexibility index (Phi) is 4.07. The van der Waals surface area contributed by atoms with Gasteiger partial charge in [0, 0.05) is 15.6 Å². The summed E-state index contributed by atoms with van der Waals surface area (Å²) in [4.78, 5) is 11.5. The van der Waals surface area contributed by atoms with E-state index < -0.39 is 11.4 Å². The van der Waals surface area contributed by atoms with Gasteiger partial charge in [0.05, 0.1) is 5.41 Å². The normalized spacial score (nSPS) is 11.4. The van der Waals surface area contributed by atoms with Crippen molar-refractivity contribution in [3.8, 4) is 11.1 Å². The van der Waals surface area contributed by atoms with Crippen LogP contribution < -0.4 is 0 Å². The first-order chi connectivity index (χ1) is 9.34. The second kappa shape index (κ2) is 5.47. The molecule has 0 atom stereocenters. The van der Waals surface area contributed by atoms with Crippen LogP contribution in [0.5, 0.6) is 0 Å². The Morgan fingerprint density at radius 3 is 2.35 bits per heavy atom. The van der Waals surface area contributed by atoms with Crippen molar-refractivity contribution in [3.05, 3.63) is 58.1 Å². The summed E-state index contributed by atoms with van der Waals surface area (Å²) in [5.41, 5.74) is 1.22. The smallest absolute Gasteiger partial charge is 0.313 e. The van der Waals surface area contributed by atoms with Gasteiger partial charge in [-0.25, -0.2) is 0 Å². The van der Waals surface area contributed by atoms with Crippen LogP contribution in [0.15, 0.2) is 42.5 Å². The van der Waals surface area contributed by atoms with E-state index in [9.17, 15) is 9.90 Å². The van der Waals surface area contributed by atoms with E-state index in [4.69, 9.17) is 23.2 Å². The minimum atomic E-state index is -1.01. The maximum absolute atomic E-state index is 11.5. The molecule has 0 radical (unpaired) electrons. The SMILES string of the molecule is CC(C)(C(=O)O)c1ccccc1-c1cc(Cl)ccc1Cl. The maximum atomic E-state index is 11.5. The molecule has 0 aliphatic carbocycles. The van der Waals surface area contributed by atoms with Gasteiger partial charge in [0.2, 0.25) is 0 Å². The van der Waals surface area contributed by atoms with Gasteiger partial charge in [-0.1, -0.05) is 47.5 Å². The highest BCUT2D eigenvalue weighted by atomic mass is 35.5. The number of hydrogen-bond donors (Lipinski definition) is 1. The standard InChI is InChI=1S/C16H14Cl2O2/c1-16(2,15(19)20)13-6-4-3-5-11(13)12-9-10(17)7-8-14(12)18/h3-9H,1-2H3,(H,19,20). The topological polar surface area (TPSA) is 37.3 Å². The molecule has 104 valence electrons. The van der Waals surface area contributed by atoms with Crippen LogP contribution in [0.2, 0.25) is 10.0 Å². The van der Waals surface area contributed by atoms with Crippen molar-refractivity contribution in [2.24, 2.45) is 0 Å². The van der Waals surface area contributed by atoms with Crippen LogP contribution >= 0.6 is 23.2 Å². The Morgan fingerprint density at radius 2 is 1.70 bits per heavy atom. The van der Waals surface area contributed by atoms with E-state index >= 15 is 0 Å². The van der Waals surface area contributed by atoms with Crippen LogP contribution in [0, 0.1) is 0 Å². The molecule has 0 amide bonds. The van der Waals surface area contributed by atoms with Crippen LogP contribution in [0.25, 0.3) is 11.1 Å². The Morgan fingerprint density at radius 1 is 1.05 bits per heavy atom. The van der Waals surface area contributed by atoms with Crippen LogP contribution in [0.3, 0.4) is 0 Å². The van der Waals surface area contributed by atoms with Gasteiger partial charge in [-0.3, -0.25) is 4.79 Å². The molecular formula is C16H14Cl2O2. The summed E-state index contributed by atoms with van der Waals surface area (Å²) in [7, 11) is 0. The fourth-order valence-corrected chi connectivity index (χ4v) is 2.47. The molecule has 2 aromatic carbocycles. The molecule has 0 aliphatic heterocycles. The number of aliphatic carboxylic acids is 1. The fraction of sp³-hybridized carbons (Fsp3) is 0.188. The number of carboxylic acids is 1.